The number of pyridine rings is 1. The number of aliphatic hydroxyl groups is 1. The molecule has 43 heavy (non-hydrogen) atoms. The van der Waals surface area contributed by atoms with E-state index in [-0.39, 0.29) is 5.56 Å². The molecule has 220 valence electrons. The molecule has 1 fully saturated rings. The minimum Gasteiger partial charge on any atom is -0.393 e. The monoisotopic (exact) mass is 587 g/mol. The van der Waals surface area contributed by atoms with Gasteiger partial charge in [0.25, 0.3) is 5.91 Å². The number of anilines is 3. The average molecular weight is 588 g/mol. The molecule has 1 saturated heterocycles. The third kappa shape index (κ3) is 5.86. The zero-order chi connectivity index (χ0) is 30.3. The Balaban J connectivity index is 1.31. The number of carbonyl (C=O) groups excluding carboxylic acids is 1. The number of hydrogen-bond acceptors (Lipinski definition) is 7. The van der Waals surface area contributed by atoms with Crippen LogP contribution in [0.4, 0.5) is 30.4 Å². The molecule has 0 spiro atoms. The molecule has 0 bridgehead atoms. The van der Waals surface area contributed by atoms with E-state index in [0.717, 1.165) is 34.2 Å². The van der Waals surface area contributed by atoms with E-state index in [4.69, 9.17) is 5.73 Å². The third-order valence-electron chi connectivity index (χ3n) is 7.60. The van der Waals surface area contributed by atoms with Crippen molar-refractivity contribution in [1.82, 2.24) is 19.5 Å². The molecule has 9 nitrogen and oxygen atoms in total. The van der Waals surface area contributed by atoms with Crippen molar-refractivity contribution in [2.75, 3.05) is 29.0 Å². The van der Waals surface area contributed by atoms with Gasteiger partial charge in [-0.15, -0.1) is 0 Å². The van der Waals surface area contributed by atoms with Gasteiger partial charge in [-0.1, -0.05) is 6.07 Å². The van der Waals surface area contributed by atoms with Crippen LogP contribution < -0.4 is 16.0 Å². The lowest BCUT2D eigenvalue weighted by molar-refractivity contribution is -0.137. The van der Waals surface area contributed by atoms with E-state index in [1.807, 2.05) is 35.9 Å². The van der Waals surface area contributed by atoms with Gasteiger partial charge in [0.2, 0.25) is 0 Å². The Morgan fingerprint density at radius 2 is 1.81 bits per heavy atom. The van der Waals surface area contributed by atoms with Crippen LogP contribution in [0.5, 0.6) is 0 Å². The SMILES string of the molecule is Cc1ccc(NC(=O)c2cc(N3CCC(O)CC3)cc(C(F)(F)F)c2)cc1-c1cc2c(ccn2-c2cc(N)ncn2)cn1. The minimum atomic E-state index is -4.63. The zero-order valence-electron chi connectivity index (χ0n) is 23.1. The average Bonchev–Trinajstić information content (AvgIpc) is 3.41. The van der Waals surface area contributed by atoms with Crippen LogP contribution in [0, 0.1) is 6.92 Å². The maximum absolute atomic E-state index is 13.8. The second-order valence-electron chi connectivity index (χ2n) is 10.6. The van der Waals surface area contributed by atoms with Crippen molar-refractivity contribution in [3.63, 3.8) is 0 Å². The fourth-order valence-electron chi connectivity index (χ4n) is 5.26. The summed E-state index contributed by atoms with van der Waals surface area (Å²) in [5, 5.41) is 13.5. The molecular weight excluding hydrogens is 559 g/mol. The van der Waals surface area contributed by atoms with Crippen LogP contribution in [0.1, 0.15) is 34.3 Å². The van der Waals surface area contributed by atoms with E-state index in [1.165, 1.54) is 12.4 Å². The molecule has 3 aromatic heterocycles. The van der Waals surface area contributed by atoms with Crippen molar-refractivity contribution in [1.29, 1.82) is 0 Å². The molecule has 0 unspecified atom stereocenters. The van der Waals surface area contributed by atoms with Gasteiger partial charge in [0, 0.05) is 59.4 Å². The van der Waals surface area contributed by atoms with E-state index < -0.39 is 23.8 Å². The Labute approximate surface area is 244 Å². The number of rotatable bonds is 5. The summed E-state index contributed by atoms with van der Waals surface area (Å²) < 4.78 is 43.2. The van der Waals surface area contributed by atoms with E-state index in [2.05, 4.69) is 20.3 Å². The molecule has 2 aromatic carbocycles. The lowest BCUT2D eigenvalue weighted by Crippen LogP contribution is -2.36. The van der Waals surface area contributed by atoms with Crippen LogP contribution in [0.15, 0.2) is 73.3 Å². The quantitative estimate of drug-likeness (QED) is 0.245. The van der Waals surface area contributed by atoms with Crippen molar-refractivity contribution < 1.29 is 23.1 Å². The lowest BCUT2D eigenvalue weighted by atomic mass is 10.0. The first-order valence-electron chi connectivity index (χ1n) is 13.7. The van der Waals surface area contributed by atoms with Crippen molar-refractivity contribution in [3.8, 4) is 17.1 Å². The molecule has 5 aromatic rings. The lowest BCUT2D eigenvalue weighted by Gasteiger charge is -2.32. The highest BCUT2D eigenvalue weighted by Crippen LogP contribution is 2.35. The van der Waals surface area contributed by atoms with Gasteiger partial charge in [-0.25, -0.2) is 9.97 Å². The molecule has 1 aliphatic rings. The number of aliphatic hydroxyl groups excluding tert-OH is 1. The first kappa shape index (κ1) is 28.2. The number of nitrogens with one attached hydrogen (secondary N) is 1. The molecule has 0 radical (unpaired) electrons. The van der Waals surface area contributed by atoms with E-state index in [9.17, 15) is 23.1 Å². The molecule has 1 amide bonds. The number of nitrogens with zero attached hydrogens (tertiary/aromatic N) is 5. The predicted octanol–water partition coefficient (Wildman–Crippen LogP) is 5.61. The second-order valence-corrected chi connectivity index (χ2v) is 10.6. The standard InChI is InChI=1S/C31H28F3N7O2/c1-18-2-3-22(13-25(18)26-14-27-19(16-36-26)4-9-41(27)29-15-28(35)37-17-38-29)39-30(43)20-10-21(31(32,33)34)12-23(11-20)40-7-5-24(42)6-8-40/h2-4,9-17,24,42H,5-8H2,1H3,(H,39,43)(H2,35,37,38). The first-order valence-corrected chi connectivity index (χ1v) is 13.7. The van der Waals surface area contributed by atoms with Crippen LogP contribution in [0.3, 0.4) is 0 Å². The van der Waals surface area contributed by atoms with Crippen LogP contribution in [-0.2, 0) is 6.18 Å². The second kappa shape index (κ2) is 11.0. The van der Waals surface area contributed by atoms with Gasteiger partial charge >= 0.3 is 6.18 Å². The number of piperidine rings is 1. The van der Waals surface area contributed by atoms with E-state index >= 15 is 0 Å². The number of amides is 1. The Hall–Kier alpha value is -4.97. The number of nitrogens with two attached hydrogens (primary N) is 1. The van der Waals surface area contributed by atoms with Crippen molar-refractivity contribution in [2.24, 2.45) is 0 Å². The number of halogens is 3. The number of carbonyl (C=O) groups is 1. The fourth-order valence-corrected chi connectivity index (χ4v) is 5.26. The third-order valence-corrected chi connectivity index (χ3v) is 7.60. The number of hydrogen-bond donors (Lipinski definition) is 3. The summed E-state index contributed by atoms with van der Waals surface area (Å²) in [5.41, 5.74) is 8.64. The number of aryl methyl sites for hydroxylation is 1. The Kier molecular flexibility index (Phi) is 7.22. The van der Waals surface area contributed by atoms with Crippen LogP contribution in [0.2, 0.25) is 0 Å². The van der Waals surface area contributed by atoms with Gasteiger partial charge in [-0.05, 0) is 67.8 Å². The van der Waals surface area contributed by atoms with Crippen molar-refractivity contribution in [2.45, 2.75) is 32.0 Å². The highest BCUT2D eigenvalue weighted by atomic mass is 19.4. The number of nitrogen functional groups attached to an aromatic ring is 1. The van der Waals surface area contributed by atoms with Gasteiger partial charge in [0.1, 0.15) is 18.0 Å². The summed E-state index contributed by atoms with van der Waals surface area (Å²) in [7, 11) is 0. The highest BCUT2D eigenvalue weighted by Gasteiger charge is 2.33. The normalized spacial score (nSPS) is 14.3. The number of alkyl halides is 3. The van der Waals surface area contributed by atoms with Crippen molar-refractivity contribution in [3.05, 3.63) is 90.0 Å². The number of fused-ring (bicyclic) bond motifs is 1. The first-order chi connectivity index (χ1) is 20.5. The van der Waals surface area contributed by atoms with Gasteiger partial charge in [-0.2, -0.15) is 13.2 Å². The molecule has 0 atom stereocenters. The molecular formula is C31H28F3N7O2. The van der Waals surface area contributed by atoms with E-state index in [0.29, 0.717) is 54.6 Å². The maximum atomic E-state index is 13.8. The summed E-state index contributed by atoms with van der Waals surface area (Å²) in [6, 6.07) is 14.1. The molecule has 1 aliphatic heterocycles. The van der Waals surface area contributed by atoms with Crippen molar-refractivity contribution >= 4 is 34.0 Å². The highest BCUT2D eigenvalue weighted by molar-refractivity contribution is 6.05. The Morgan fingerprint density at radius 1 is 1.02 bits per heavy atom. The number of benzene rings is 2. The maximum Gasteiger partial charge on any atom is 0.416 e. The Morgan fingerprint density at radius 3 is 2.56 bits per heavy atom. The van der Waals surface area contributed by atoms with Gasteiger partial charge in [0.05, 0.1) is 22.9 Å². The zero-order valence-corrected chi connectivity index (χ0v) is 23.1. The smallest absolute Gasteiger partial charge is 0.393 e. The largest absolute Gasteiger partial charge is 0.416 e. The van der Waals surface area contributed by atoms with Gasteiger partial charge in [-0.3, -0.25) is 9.78 Å². The molecule has 0 saturated carbocycles. The van der Waals surface area contributed by atoms with Gasteiger partial charge < -0.3 is 25.6 Å². The van der Waals surface area contributed by atoms with Gasteiger partial charge in [0.15, 0.2) is 0 Å². The fraction of sp³-hybridized carbons (Fsp3) is 0.226. The minimum absolute atomic E-state index is 0.112. The summed E-state index contributed by atoms with van der Waals surface area (Å²) in [4.78, 5) is 27.9. The topological polar surface area (TPSA) is 122 Å². The summed E-state index contributed by atoms with van der Waals surface area (Å²) in [6.07, 6.45) is 0.766. The summed E-state index contributed by atoms with van der Waals surface area (Å²) in [5.74, 6) is 0.263. The molecule has 12 heteroatoms. The van der Waals surface area contributed by atoms with E-state index in [1.54, 1.807) is 29.3 Å². The predicted molar refractivity (Wildman–Crippen MR) is 158 cm³/mol. The molecule has 4 N–H and O–H groups in total. The Bertz CT molecular complexity index is 1830. The molecule has 4 heterocycles. The van der Waals surface area contributed by atoms with Crippen LogP contribution in [-0.4, -0.2) is 49.7 Å². The van der Waals surface area contributed by atoms with Crippen LogP contribution in [0.25, 0.3) is 28.0 Å². The molecule has 0 aliphatic carbocycles. The number of aromatic nitrogens is 4. The summed E-state index contributed by atoms with van der Waals surface area (Å²) >= 11 is 0. The van der Waals surface area contributed by atoms with Crippen LogP contribution >= 0.6 is 0 Å². The molecule has 6 rings (SSSR count). The summed E-state index contributed by atoms with van der Waals surface area (Å²) in [6.45, 7) is 2.71.